The molecule has 0 unspecified atom stereocenters. The molecule has 1 aromatic heterocycles. The average molecular weight is 266 g/mol. The van der Waals surface area contributed by atoms with E-state index in [4.69, 9.17) is 5.11 Å². The molecule has 1 aromatic carbocycles. The number of nitrogens with one attached hydrogen (secondary N) is 1. The second-order valence-corrected chi connectivity index (χ2v) is 4.44. The number of aromatic carboxylic acids is 1. The fraction of sp³-hybridized carbons (Fsp3) is 0.231. The summed E-state index contributed by atoms with van der Waals surface area (Å²) in [5.74, 6) is -2.99. The maximum Gasteiger partial charge on any atom is 0.356 e. The predicted molar refractivity (Wildman–Crippen MR) is 65.0 cm³/mol. The van der Waals surface area contributed by atoms with E-state index in [-0.39, 0.29) is 17.4 Å². The minimum Gasteiger partial charge on any atom is -0.476 e. The normalized spacial score (nSPS) is 11.0. The molecule has 2 N–H and O–H groups in total. The van der Waals surface area contributed by atoms with Crippen LogP contribution in [0.25, 0.3) is 11.4 Å². The van der Waals surface area contributed by atoms with Crippen molar-refractivity contribution < 1.29 is 18.7 Å². The van der Waals surface area contributed by atoms with Crippen LogP contribution in [0.2, 0.25) is 0 Å². The first-order valence-corrected chi connectivity index (χ1v) is 5.68. The molecule has 2 aromatic rings. The third kappa shape index (κ3) is 2.47. The van der Waals surface area contributed by atoms with Crippen LogP contribution < -0.4 is 0 Å². The summed E-state index contributed by atoms with van der Waals surface area (Å²) in [5, 5.41) is 9.06. The van der Waals surface area contributed by atoms with Gasteiger partial charge in [-0.25, -0.2) is 18.6 Å². The molecular formula is C13H12F2N2O2. The molecule has 1 heterocycles. The van der Waals surface area contributed by atoms with Crippen molar-refractivity contribution in [2.24, 2.45) is 0 Å². The second-order valence-electron chi connectivity index (χ2n) is 4.44. The van der Waals surface area contributed by atoms with Gasteiger partial charge < -0.3 is 10.1 Å². The van der Waals surface area contributed by atoms with Gasteiger partial charge in [0.2, 0.25) is 0 Å². The molecule has 0 spiro atoms. The van der Waals surface area contributed by atoms with Crippen LogP contribution in [0, 0.1) is 11.6 Å². The van der Waals surface area contributed by atoms with Gasteiger partial charge in [-0.15, -0.1) is 0 Å². The number of hydrogen-bond acceptors (Lipinski definition) is 2. The molecule has 0 fully saturated rings. The van der Waals surface area contributed by atoms with Gasteiger partial charge in [0.15, 0.2) is 17.3 Å². The number of aromatic nitrogens is 2. The third-order valence-corrected chi connectivity index (χ3v) is 2.70. The van der Waals surface area contributed by atoms with Gasteiger partial charge >= 0.3 is 5.97 Å². The van der Waals surface area contributed by atoms with E-state index < -0.39 is 17.6 Å². The Morgan fingerprint density at radius 2 is 2.00 bits per heavy atom. The standard InChI is InChI=1S/C13H12F2N2O2/c1-6(2)10-11(13(18)19)17-12(16-10)7-3-4-8(14)9(15)5-7/h3-6H,1-2H3,(H,16,17)(H,18,19). The third-order valence-electron chi connectivity index (χ3n) is 2.70. The Morgan fingerprint density at radius 3 is 2.47 bits per heavy atom. The molecular weight excluding hydrogens is 254 g/mol. The number of halogens is 2. The zero-order valence-electron chi connectivity index (χ0n) is 10.4. The lowest BCUT2D eigenvalue weighted by molar-refractivity contribution is 0.0689. The largest absolute Gasteiger partial charge is 0.476 e. The van der Waals surface area contributed by atoms with Gasteiger partial charge in [-0.05, 0) is 24.1 Å². The first-order chi connectivity index (χ1) is 8.90. The van der Waals surface area contributed by atoms with Crippen molar-refractivity contribution in [2.45, 2.75) is 19.8 Å². The summed E-state index contributed by atoms with van der Waals surface area (Å²) in [7, 11) is 0. The lowest BCUT2D eigenvalue weighted by Crippen LogP contribution is -2.02. The summed E-state index contributed by atoms with van der Waals surface area (Å²) in [6, 6.07) is 3.29. The Kier molecular flexibility index (Phi) is 3.33. The molecule has 0 saturated heterocycles. The number of aromatic amines is 1. The SMILES string of the molecule is CC(C)c1[nH]c(-c2ccc(F)c(F)c2)nc1C(=O)O. The van der Waals surface area contributed by atoms with E-state index in [0.29, 0.717) is 11.3 Å². The number of carbonyl (C=O) groups is 1. The van der Waals surface area contributed by atoms with E-state index in [1.165, 1.54) is 6.07 Å². The van der Waals surface area contributed by atoms with Gasteiger partial charge in [0.1, 0.15) is 5.82 Å². The molecule has 0 bridgehead atoms. The first kappa shape index (κ1) is 13.2. The molecule has 6 heteroatoms. The second kappa shape index (κ2) is 4.79. The molecule has 0 aliphatic carbocycles. The molecule has 0 aliphatic rings. The number of carboxylic acids is 1. The van der Waals surface area contributed by atoms with Crippen molar-refractivity contribution in [1.82, 2.24) is 9.97 Å². The van der Waals surface area contributed by atoms with Crippen molar-refractivity contribution >= 4 is 5.97 Å². The van der Waals surface area contributed by atoms with Gasteiger partial charge in [-0.1, -0.05) is 13.8 Å². The lowest BCUT2D eigenvalue weighted by atomic mass is 10.1. The van der Waals surface area contributed by atoms with Crippen LogP contribution >= 0.6 is 0 Å². The zero-order chi connectivity index (χ0) is 14.2. The molecule has 4 nitrogen and oxygen atoms in total. The molecule has 0 aliphatic heterocycles. The number of imidazole rings is 1. The monoisotopic (exact) mass is 266 g/mol. The Hall–Kier alpha value is -2.24. The summed E-state index contributed by atoms with van der Waals surface area (Å²) >= 11 is 0. The maximum atomic E-state index is 13.2. The molecule has 2 rings (SSSR count). The number of nitrogens with zero attached hydrogens (tertiary/aromatic N) is 1. The van der Waals surface area contributed by atoms with Crippen LogP contribution in [0.15, 0.2) is 18.2 Å². The minimum absolute atomic E-state index is 0.0716. The van der Waals surface area contributed by atoms with E-state index in [1.54, 1.807) is 0 Å². The smallest absolute Gasteiger partial charge is 0.356 e. The van der Waals surface area contributed by atoms with E-state index in [1.807, 2.05) is 13.8 Å². The Labute approximate surface area is 108 Å². The van der Waals surface area contributed by atoms with Crippen molar-refractivity contribution in [3.8, 4) is 11.4 Å². The number of benzene rings is 1. The number of hydrogen-bond donors (Lipinski definition) is 2. The van der Waals surface area contributed by atoms with E-state index >= 15 is 0 Å². The van der Waals surface area contributed by atoms with E-state index in [9.17, 15) is 13.6 Å². The highest BCUT2D eigenvalue weighted by atomic mass is 19.2. The summed E-state index contributed by atoms with van der Waals surface area (Å²) in [4.78, 5) is 17.8. The van der Waals surface area contributed by atoms with Crippen LogP contribution in [0.5, 0.6) is 0 Å². The van der Waals surface area contributed by atoms with Crippen molar-refractivity contribution in [3.63, 3.8) is 0 Å². The van der Waals surface area contributed by atoms with Gasteiger partial charge in [0.25, 0.3) is 0 Å². The van der Waals surface area contributed by atoms with Crippen molar-refractivity contribution in [2.75, 3.05) is 0 Å². The minimum atomic E-state index is -1.16. The predicted octanol–water partition coefficient (Wildman–Crippen LogP) is 3.18. The van der Waals surface area contributed by atoms with E-state index in [2.05, 4.69) is 9.97 Å². The highest BCUT2D eigenvalue weighted by Gasteiger charge is 2.20. The van der Waals surface area contributed by atoms with Gasteiger partial charge in [-0.3, -0.25) is 0 Å². The highest BCUT2D eigenvalue weighted by Crippen LogP contribution is 2.24. The average Bonchev–Trinajstić information content (AvgIpc) is 2.78. The molecule has 0 atom stereocenters. The van der Waals surface area contributed by atoms with Crippen molar-refractivity contribution in [1.29, 1.82) is 0 Å². The fourth-order valence-corrected chi connectivity index (χ4v) is 1.75. The zero-order valence-corrected chi connectivity index (χ0v) is 10.4. The quantitative estimate of drug-likeness (QED) is 0.896. The molecule has 0 radical (unpaired) electrons. The summed E-state index contributed by atoms with van der Waals surface area (Å²) in [5.41, 5.74) is 0.648. The summed E-state index contributed by atoms with van der Waals surface area (Å²) < 4.78 is 26.0. The number of rotatable bonds is 3. The van der Waals surface area contributed by atoms with Gasteiger partial charge in [0, 0.05) is 5.56 Å². The van der Waals surface area contributed by atoms with E-state index in [0.717, 1.165) is 12.1 Å². The van der Waals surface area contributed by atoms with Crippen LogP contribution in [-0.4, -0.2) is 21.0 Å². The van der Waals surface area contributed by atoms with Gasteiger partial charge in [0.05, 0.1) is 5.69 Å². The molecule has 0 saturated carbocycles. The van der Waals surface area contributed by atoms with Crippen LogP contribution in [0.4, 0.5) is 8.78 Å². The Balaban J connectivity index is 2.54. The molecule has 0 amide bonds. The summed E-state index contributed by atoms with van der Waals surface area (Å²) in [6.45, 7) is 3.63. The number of H-pyrrole nitrogens is 1. The lowest BCUT2D eigenvalue weighted by Gasteiger charge is -2.01. The van der Waals surface area contributed by atoms with Crippen LogP contribution in [-0.2, 0) is 0 Å². The first-order valence-electron chi connectivity index (χ1n) is 5.68. The van der Waals surface area contributed by atoms with Crippen molar-refractivity contribution in [3.05, 3.63) is 41.2 Å². The topological polar surface area (TPSA) is 66.0 Å². The maximum absolute atomic E-state index is 13.2. The highest BCUT2D eigenvalue weighted by molar-refractivity contribution is 5.88. The van der Waals surface area contributed by atoms with Crippen LogP contribution in [0.1, 0.15) is 35.9 Å². The van der Waals surface area contributed by atoms with Crippen LogP contribution in [0.3, 0.4) is 0 Å². The Morgan fingerprint density at radius 1 is 1.32 bits per heavy atom. The molecule has 19 heavy (non-hydrogen) atoms. The van der Waals surface area contributed by atoms with Gasteiger partial charge in [-0.2, -0.15) is 0 Å². The number of carboxylic acid groups (broad SMARTS) is 1. The Bertz CT molecular complexity index is 636. The molecule has 100 valence electrons. The fourth-order valence-electron chi connectivity index (χ4n) is 1.75. The summed E-state index contributed by atoms with van der Waals surface area (Å²) in [6.07, 6.45) is 0.